The Morgan fingerprint density at radius 3 is 2.48 bits per heavy atom. The Morgan fingerprint density at radius 1 is 1.22 bits per heavy atom. The fourth-order valence-electron chi connectivity index (χ4n) is 2.81. The second kappa shape index (κ2) is 6.59. The molecule has 1 aromatic rings. The lowest BCUT2D eigenvalue weighted by Crippen LogP contribution is -2.43. The Balaban J connectivity index is 1.57. The number of nitrogens with one attached hydrogen (secondary N) is 1. The average molecular weight is 320 g/mol. The van der Waals surface area contributed by atoms with Crippen molar-refractivity contribution in [2.45, 2.75) is 12.8 Å². The fraction of sp³-hybridized carbons (Fsp3) is 0.600. The van der Waals surface area contributed by atoms with Gasteiger partial charge in [-0.25, -0.2) is 14.8 Å². The van der Waals surface area contributed by atoms with Crippen molar-refractivity contribution >= 4 is 11.9 Å². The van der Waals surface area contributed by atoms with Crippen molar-refractivity contribution in [2.24, 2.45) is 5.41 Å². The molecular formula is C15H20N4O4. The quantitative estimate of drug-likeness (QED) is 0.761. The molecule has 1 aliphatic heterocycles. The van der Waals surface area contributed by atoms with E-state index in [0.29, 0.717) is 6.54 Å². The molecule has 0 radical (unpaired) electrons. The van der Waals surface area contributed by atoms with Crippen LogP contribution in [-0.2, 0) is 4.74 Å². The zero-order chi connectivity index (χ0) is 16.3. The van der Waals surface area contributed by atoms with Gasteiger partial charge in [0.25, 0.3) is 5.91 Å². The minimum absolute atomic E-state index is 0.0958. The van der Waals surface area contributed by atoms with Crippen molar-refractivity contribution in [2.75, 3.05) is 39.4 Å². The molecule has 0 aromatic carbocycles. The number of hydrogen-bond donors (Lipinski definition) is 2. The minimum Gasteiger partial charge on any atom is -0.476 e. The lowest BCUT2D eigenvalue weighted by atomic mass is 10.1. The van der Waals surface area contributed by atoms with Crippen LogP contribution in [-0.4, -0.2) is 71.2 Å². The number of ether oxygens (including phenoxy) is 1. The summed E-state index contributed by atoms with van der Waals surface area (Å²) in [5.41, 5.74) is -0.358. The molecule has 8 nitrogen and oxygen atoms in total. The predicted molar refractivity (Wildman–Crippen MR) is 80.3 cm³/mol. The Labute approximate surface area is 133 Å². The average Bonchev–Trinajstić information content (AvgIpc) is 3.33. The molecule has 2 N–H and O–H groups in total. The Bertz CT molecular complexity index is 597. The van der Waals surface area contributed by atoms with Gasteiger partial charge in [0.1, 0.15) is 0 Å². The first-order valence-corrected chi connectivity index (χ1v) is 7.72. The summed E-state index contributed by atoms with van der Waals surface area (Å²) in [6, 6.07) is 0. The zero-order valence-electron chi connectivity index (χ0n) is 12.8. The number of aromatic nitrogens is 2. The van der Waals surface area contributed by atoms with E-state index in [1.54, 1.807) is 0 Å². The van der Waals surface area contributed by atoms with Gasteiger partial charge < -0.3 is 15.2 Å². The number of carbonyl (C=O) groups excluding carboxylic acids is 1. The third-order valence-corrected chi connectivity index (χ3v) is 4.36. The van der Waals surface area contributed by atoms with E-state index in [9.17, 15) is 9.59 Å². The van der Waals surface area contributed by atoms with Crippen LogP contribution < -0.4 is 5.32 Å². The van der Waals surface area contributed by atoms with Crippen molar-refractivity contribution in [3.05, 3.63) is 23.8 Å². The Hall–Kier alpha value is -2.06. The van der Waals surface area contributed by atoms with Crippen LogP contribution in [0.5, 0.6) is 0 Å². The molecule has 1 aliphatic carbocycles. The first-order valence-electron chi connectivity index (χ1n) is 7.72. The predicted octanol–water partition coefficient (Wildman–Crippen LogP) is 0.0170. The third kappa shape index (κ3) is 3.83. The number of nitrogens with zero attached hydrogens (tertiary/aromatic N) is 3. The van der Waals surface area contributed by atoms with Gasteiger partial charge >= 0.3 is 5.97 Å². The molecule has 0 unspecified atom stereocenters. The normalized spacial score (nSPS) is 20.0. The molecule has 124 valence electrons. The monoisotopic (exact) mass is 320 g/mol. The molecule has 1 amide bonds. The number of carboxylic acids is 1. The van der Waals surface area contributed by atoms with Crippen LogP contribution in [0.15, 0.2) is 12.4 Å². The minimum atomic E-state index is -1.25. The summed E-state index contributed by atoms with van der Waals surface area (Å²) in [5, 5.41) is 11.9. The summed E-state index contributed by atoms with van der Waals surface area (Å²) in [7, 11) is 0. The summed E-state index contributed by atoms with van der Waals surface area (Å²) < 4.78 is 5.34. The first-order chi connectivity index (χ1) is 11.1. The molecule has 0 atom stereocenters. The molecule has 3 rings (SSSR count). The van der Waals surface area contributed by atoms with E-state index in [1.165, 1.54) is 12.4 Å². The van der Waals surface area contributed by atoms with E-state index in [2.05, 4.69) is 20.2 Å². The summed E-state index contributed by atoms with van der Waals surface area (Å²) in [6.45, 7) is 4.81. The van der Waals surface area contributed by atoms with Gasteiger partial charge in [-0.1, -0.05) is 0 Å². The molecule has 8 heteroatoms. The van der Waals surface area contributed by atoms with Crippen LogP contribution in [0.1, 0.15) is 33.8 Å². The highest BCUT2D eigenvalue weighted by Crippen LogP contribution is 2.45. The van der Waals surface area contributed by atoms with Crippen molar-refractivity contribution in [1.29, 1.82) is 0 Å². The number of carboxylic acid groups (broad SMARTS) is 1. The molecular weight excluding hydrogens is 300 g/mol. The number of carbonyl (C=O) groups is 2. The van der Waals surface area contributed by atoms with Crippen LogP contribution in [0.2, 0.25) is 0 Å². The second-order valence-electron chi connectivity index (χ2n) is 6.13. The van der Waals surface area contributed by atoms with E-state index in [-0.39, 0.29) is 16.8 Å². The van der Waals surface area contributed by atoms with E-state index >= 15 is 0 Å². The fourth-order valence-corrected chi connectivity index (χ4v) is 2.81. The van der Waals surface area contributed by atoms with Gasteiger partial charge in [-0.15, -0.1) is 0 Å². The molecule has 1 saturated carbocycles. The molecule has 1 saturated heterocycles. The number of aromatic carboxylic acids is 1. The molecule has 2 aliphatic rings. The van der Waals surface area contributed by atoms with Gasteiger partial charge in [0.2, 0.25) is 0 Å². The van der Waals surface area contributed by atoms with Gasteiger partial charge in [0.05, 0.1) is 13.2 Å². The van der Waals surface area contributed by atoms with Crippen LogP contribution in [0.25, 0.3) is 0 Å². The third-order valence-electron chi connectivity index (χ3n) is 4.36. The second-order valence-corrected chi connectivity index (χ2v) is 6.13. The molecule has 2 fully saturated rings. The highest BCUT2D eigenvalue weighted by Gasteiger charge is 2.44. The standard InChI is InChI=1S/C15H20N4O4/c20-13(11-12(14(21)22)17-4-3-16-11)18-9-15(1-2-15)10-19-5-7-23-8-6-19/h3-4H,1-2,5-10H2,(H,18,20)(H,21,22). The van der Waals surface area contributed by atoms with Gasteiger partial charge in [0.15, 0.2) is 11.4 Å². The first kappa shape index (κ1) is 15.8. The van der Waals surface area contributed by atoms with Crippen molar-refractivity contribution in [3.63, 3.8) is 0 Å². The Morgan fingerprint density at radius 2 is 1.87 bits per heavy atom. The van der Waals surface area contributed by atoms with E-state index < -0.39 is 11.9 Å². The summed E-state index contributed by atoms with van der Waals surface area (Å²) >= 11 is 0. The maximum absolute atomic E-state index is 12.2. The molecule has 0 spiro atoms. The number of rotatable bonds is 6. The topological polar surface area (TPSA) is 105 Å². The summed E-state index contributed by atoms with van der Waals surface area (Å²) in [5.74, 6) is -1.73. The summed E-state index contributed by atoms with van der Waals surface area (Å²) in [6.07, 6.45) is 4.72. The smallest absolute Gasteiger partial charge is 0.356 e. The van der Waals surface area contributed by atoms with Gasteiger partial charge in [-0.05, 0) is 12.8 Å². The maximum Gasteiger partial charge on any atom is 0.356 e. The maximum atomic E-state index is 12.2. The van der Waals surface area contributed by atoms with E-state index in [4.69, 9.17) is 9.84 Å². The van der Waals surface area contributed by atoms with Gasteiger partial charge in [-0.2, -0.15) is 0 Å². The molecule has 1 aromatic heterocycles. The van der Waals surface area contributed by atoms with Crippen molar-refractivity contribution < 1.29 is 19.4 Å². The lowest BCUT2D eigenvalue weighted by Gasteiger charge is -2.30. The highest BCUT2D eigenvalue weighted by atomic mass is 16.5. The molecule has 23 heavy (non-hydrogen) atoms. The number of amides is 1. The van der Waals surface area contributed by atoms with E-state index in [0.717, 1.165) is 45.7 Å². The SMILES string of the molecule is O=C(O)c1nccnc1C(=O)NCC1(CN2CCOCC2)CC1. The largest absolute Gasteiger partial charge is 0.476 e. The van der Waals surface area contributed by atoms with Gasteiger partial charge in [0, 0.05) is 44.0 Å². The number of morpholine rings is 1. The molecule has 2 heterocycles. The van der Waals surface area contributed by atoms with Crippen molar-refractivity contribution in [1.82, 2.24) is 20.2 Å². The van der Waals surface area contributed by atoms with Crippen LogP contribution in [0.4, 0.5) is 0 Å². The van der Waals surface area contributed by atoms with Crippen molar-refractivity contribution in [3.8, 4) is 0 Å². The van der Waals surface area contributed by atoms with Gasteiger partial charge in [-0.3, -0.25) is 9.69 Å². The Kier molecular flexibility index (Phi) is 4.53. The molecule has 0 bridgehead atoms. The van der Waals surface area contributed by atoms with Crippen LogP contribution in [0.3, 0.4) is 0 Å². The van der Waals surface area contributed by atoms with E-state index in [1.807, 2.05) is 0 Å². The zero-order valence-corrected chi connectivity index (χ0v) is 12.8. The number of hydrogen-bond acceptors (Lipinski definition) is 6. The lowest BCUT2D eigenvalue weighted by molar-refractivity contribution is 0.0283. The highest BCUT2D eigenvalue weighted by molar-refractivity contribution is 6.01. The van der Waals surface area contributed by atoms with Crippen LogP contribution in [0, 0.1) is 5.41 Å². The van der Waals surface area contributed by atoms with Crippen LogP contribution >= 0.6 is 0 Å². The summed E-state index contributed by atoms with van der Waals surface area (Å²) in [4.78, 5) is 33.2.